The summed E-state index contributed by atoms with van der Waals surface area (Å²) in [5, 5.41) is 0. The third-order valence-corrected chi connectivity index (χ3v) is 0. The third kappa shape index (κ3) is 148. The van der Waals surface area contributed by atoms with E-state index in [4.69, 9.17) is 0 Å². The van der Waals surface area contributed by atoms with Crippen LogP contribution in [-0.2, 0) is 57.4 Å². The van der Waals surface area contributed by atoms with Gasteiger partial charge in [0.2, 0.25) is 0 Å². The average molecular weight is 243 g/mol. The van der Waals surface area contributed by atoms with Gasteiger partial charge in [0.15, 0.2) is 0 Å². The molecule has 0 bridgehead atoms. The molecular weight excluding hydrogens is 239 g/mol. The maximum atomic E-state index is 0. The molecule has 0 heterocycles. The van der Waals surface area contributed by atoms with Crippen LogP contribution < -0.4 is 0 Å². The minimum Gasteiger partial charge on any atom is -2.00 e. The Labute approximate surface area is 68.4 Å². The van der Waals surface area contributed by atoms with E-state index in [2.05, 4.69) is 0 Å². The van der Waals surface area contributed by atoms with Crippen LogP contribution in [0, 0.1) is 0 Å². The summed E-state index contributed by atoms with van der Waals surface area (Å²) in [5.74, 6) is 0. The molecule has 0 aliphatic carbocycles. The van der Waals surface area contributed by atoms with Crippen molar-refractivity contribution in [3.63, 3.8) is 0 Å². The summed E-state index contributed by atoms with van der Waals surface area (Å²) in [4.78, 5) is 0. The Morgan fingerprint density at radius 3 is 0.571 bits per heavy atom. The number of hydrogen-bond acceptors (Lipinski definition) is 0. The van der Waals surface area contributed by atoms with Crippen LogP contribution in [0.2, 0.25) is 0 Å². The zero-order valence-corrected chi connectivity index (χ0v) is 5.85. The van der Waals surface area contributed by atoms with Crippen LogP contribution >= 0.6 is 0 Å². The van der Waals surface area contributed by atoms with Gasteiger partial charge in [0, 0.05) is 18.6 Å². The molecule has 55 valence electrons. The molecule has 0 aromatic rings. The first kappa shape index (κ1) is 326. The van der Waals surface area contributed by atoms with Crippen molar-refractivity contribution in [2.24, 2.45) is 0 Å². The molecule has 0 aromatic heterocycles. The summed E-state index contributed by atoms with van der Waals surface area (Å²) >= 11 is 0. The van der Waals surface area contributed by atoms with E-state index in [9.17, 15) is 0 Å². The molecule has 0 atom stereocenters. The second-order valence-corrected chi connectivity index (χ2v) is 0. The fourth-order valence-electron chi connectivity index (χ4n) is 0. The zero-order chi connectivity index (χ0) is 0. The number of hydrogen-bond donors (Lipinski definition) is 0. The first-order valence-electron chi connectivity index (χ1n) is 0. The Morgan fingerprint density at radius 2 is 0.571 bits per heavy atom. The van der Waals surface area contributed by atoms with Crippen molar-refractivity contribution in [2.45, 2.75) is 0 Å². The summed E-state index contributed by atoms with van der Waals surface area (Å²) in [6.45, 7) is 0. The molecule has 7 heteroatoms. The topological polar surface area (TPSA) is 148 Å². The Morgan fingerprint density at radius 1 is 0.571 bits per heavy atom. The summed E-state index contributed by atoms with van der Waals surface area (Å²) in [6, 6.07) is 0. The molecule has 0 fully saturated rings. The Kier molecular flexibility index (Phi) is 9840. The van der Waals surface area contributed by atoms with Gasteiger partial charge in [-0.2, -0.15) is 0 Å². The van der Waals surface area contributed by atoms with Crippen LogP contribution in [0.15, 0.2) is 0 Å². The Hall–Kier alpha value is 1.12. The van der Waals surface area contributed by atoms with Crippen molar-refractivity contribution in [3.05, 3.63) is 0 Å². The average Bonchev–Trinajstić information content (AvgIpc) is 0. The second-order valence-electron chi connectivity index (χ2n) is 0. The van der Waals surface area contributed by atoms with Crippen LogP contribution in [0.4, 0.5) is 0 Å². The molecule has 0 unspecified atom stereocenters. The van der Waals surface area contributed by atoms with Crippen molar-refractivity contribution in [1.82, 2.24) is 0 Å². The largest absolute Gasteiger partial charge is 2.00 e. The predicted molar refractivity (Wildman–Crippen MR) is 9.29 cm³/mol. The standard InChI is InChI=1S/Ag.2H2O.3O.V/h;2*1H2;;;;/q+1;;;3*-2;. The van der Waals surface area contributed by atoms with E-state index in [1.165, 1.54) is 0 Å². The molecule has 7 heavy (non-hydrogen) atoms. The zero-order valence-electron chi connectivity index (χ0n) is 2.97. The van der Waals surface area contributed by atoms with Crippen molar-refractivity contribution >= 4 is 0 Å². The van der Waals surface area contributed by atoms with Crippen LogP contribution in [-0.4, -0.2) is 11.0 Å². The van der Waals surface area contributed by atoms with Gasteiger partial charge in [-0.3, -0.25) is 0 Å². The van der Waals surface area contributed by atoms with Crippen LogP contribution in [0.1, 0.15) is 0 Å². The molecule has 5 nitrogen and oxygen atoms in total. The minimum atomic E-state index is 0. The van der Waals surface area contributed by atoms with E-state index in [0.29, 0.717) is 0 Å². The molecule has 0 spiro atoms. The van der Waals surface area contributed by atoms with E-state index < -0.39 is 0 Å². The summed E-state index contributed by atoms with van der Waals surface area (Å²) in [6.07, 6.45) is 0. The fourth-order valence-corrected chi connectivity index (χ4v) is 0. The van der Waals surface area contributed by atoms with Crippen LogP contribution in [0.3, 0.4) is 0 Å². The van der Waals surface area contributed by atoms with Crippen molar-refractivity contribution in [3.8, 4) is 0 Å². The normalized spacial score (nSPS) is 0. The quantitative estimate of drug-likeness (QED) is 0.432. The first-order valence-corrected chi connectivity index (χ1v) is 0. The SMILES string of the molecule is O.O.[Ag+].[O-2].[O-2].[O-2].[V]. The van der Waals surface area contributed by atoms with Crippen molar-refractivity contribution in [1.29, 1.82) is 0 Å². The summed E-state index contributed by atoms with van der Waals surface area (Å²) < 4.78 is 0. The Balaban J connectivity index is 0. The van der Waals surface area contributed by atoms with E-state index in [0.717, 1.165) is 0 Å². The number of rotatable bonds is 0. The van der Waals surface area contributed by atoms with Gasteiger partial charge in [-0.15, -0.1) is 0 Å². The van der Waals surface area contributed by atoms with Crippen LogP contribution in [0.25, 0.3) is 0 Å². The molecule has 0 rings (SSSR count). The molecule has 4 N–H and O–H groups in total. The predicted octanol–water partition coefficient (Wildman–Crippen LogP) is -2.01. The molecule has 0 aliphatic rings. The smallest absolute Gasteiger partial charge is 1.00 e. The third-order valence-electron chi connectivity index (χ3n) is 0. The molecule has 0 saturated carbocycles. The van der Waals surface area contributed by atoms with Gasteiger partial charge in [0.1, 0.15) is 0 Å². The van der Waals surface area contributed by atoms with Gasteiger partial charge in [-0.1, -0.05) is 0 Å². The molecule has 1 radical (unpaired) electrons. The van der Waals surface area contributed by atoms with Gasteiger partial charge < -0.3 is 27.4 Å². The van der Waals surface area contributed by atoms with Gasteiger partial charge >= 0.3 is 22.4 Å². The van der Waals surface area contributed by atoms with Crippen molar-refractivity contribution < 1.29 is 68.3 Å². The van der Waals surface area contributed by atoms with E-state index in [1.807, 2.05) is 0 Å². The van der Waals surface area contributed by atoms with E-state index in [1.54, 1.807) is 0 Å². The van der Waals surface area contributed by atoms with Gasteiger partial charge in [-0.05, 0) is 0 Å². The van der Waals surface area contributed by atoms with E-state index >= 15 is 0 Å². The van der Waals surface area contributed by atoms with Crippen molar-refractivity contribution in [2.75, 3.05) is 0 Å². The molecular formula is H4AgO5V-5. The summed E-state index contributed by atoms with van der Waals surface area (Å²) in [7, 11) is 0. The maximum Gasteiger partial charge on any atom is 1.00 e. The minimum absolute atomic E-state index is 0. The monoisotopic (exact) mass is 242 g/mol. The Bertz CT molecular complexity index is 8.04. The molecule has 0 aromatic carbocycles. The second kappa shape index (κ2) is 211. The molecule has 0 amide bonds. The first-order chi connectivity index (χ1) is 0. The maximum absolute atomic E-state index is 0. The van der Waals surface area contributed by atoms with Gasteiger partial charge in [0.25, 0.3) is 0 Å². The van der Waals surface area contributed by atoms with E-state index in [-0.39, 0.29) is 68.3 Å². The molecule has 0 saturated heterocycles. The molecule has 0 aliphatic heterocycles. The van der Waals surface area contributed by atoms with Gasteiger partial charge in [-0.25, -0.2) is 0 Å². The fraction of sp³-hybridized carbons (Fsp3) is 0. The van der Waals surface area contributed by atoms with Crippen LogP contribution in [0.5, 0.6) is 0 Å². The summed E-state index contributed by atoms with van der Waals surface area (Å²) in [5.41, 5.74) is 0. The van der Waals surface area contributed by atoms with Gasteiger partial charge in [0.05, 0.1) is 0 Å².